The second kappa shape index (κ2) is 5.47. The topological polar surface area (TPSA) is 68.2 Å². The zero-order valence-corrected chi connectivity index (χ0v) is 12.1. The van der Waals surface area contributed by atoms with Gasteiger partial charge in [-0.2, -0.15) is 5.10 Å². The highest BCUT2D eigenvalue weighted by Crippen LogP contribution is 2.23. The lowest BCUT2D eigenvalue weighted by atomic mass is 10.0. The molecule has 1 aliphatic rings. The summed E-state index contributed by atoms with van der Waals surface area (Å²) in [4.78, 5) is 12.0. The van der Waals surface area contributed by atoms with E-state index in [2.05, 4.69) is 15.7 Å². The molecule has 1 aliphatic heterocycles. The Balaban J connectivity index is 1.60. The van der Waals surface area contributed by atoms with Gasteiger partial charge in [-0.1, -0.05) is 18.2 Å². The normalized spacial score (nSPS) is 16.8. The third-order valence-corrected chi connectivity index (χ3v) is 3.48. The second-order valence-corrected chi connectivity index (χ2v) is 5.22. The van der Waals surface area contributed by atoms with Gasteiger partial charge < -0.3 is 15.4 Å². The van der Waals surface area contributed by atoms with Crippen LogP contribution < -0.4 is 15.4 Å². The summed E-state index contributed by atoms with van der Waals surface area (Å²) in [6, 6.07) is 7.63. The molecule has 0 fully saturated rings. The lowest BCUT2D eigenvalue weighted by Crippen LogP contribution is -2.44. The first-order chi connectivity index (χ1) is 10.1. The maximum Gasteiger partial charge on any atom is 0.319 e. The number of carbonyl (C=O) groups excluding carboxylic acids is 1. The maximum absolute atomic E-state index is 12.0. The highest BCUT2D eigenvalue weighted by Gasteiger charge is 2.21. The number of hydrogen-bond acceptors (Lipinski definition) is 3. The van der Waals surface area contributed by atoms with Crippen molar-refractivity contribution in [2.75, 3.05) is 11.9 Å². The highest BCUT2D eigenvalue weighted by atomic mass is 16.5. The molecular weight excluding hydrogens is 268 g/mol. The van der Waals surface area contributed by atoms with E-state index < -0.39 is 0 Å². The molecule has 0 bridgehead atoms. The van der Waals surface area contributed by atoms with Crippen molar-refractivity contribution in [3.8, 4) is 5.75 Å². The third-order valence-electron chi connectivity index (χ3n) is 3.48. The summed E-state index contributed by atoms with van der Waals surface area (Å²) in [6.45, 7) is 2.34. The van der Waals surface area contributed by atoms with E-state index in [1.165, 1.54) is 0 Å². The van der Waals surface area contributed by atoms with Crippen molar-refractivity contribution >= 4 is 11.7 Å². The number of carbonyl (C=O) groups is 1. The van der Waals surface area contributed by atoms with E-state index in [9.17, 15) is 4.79 Å². The van der Waals surface area contributed by atoms with Crippen LogP contribution in [0.15, 0.2) is 30.5 Å². The van der Waals surface area contributed by atoms with Crippen LogP contribution in [0.5, 0.6) is 5.75 Å². The average Bonchev–Trinajstić information content (AvgIpc) is 2.76. The molecule has 0 aliphatic carbocycles. The number of aromatic nitrogens is 2. The first-order valence-corrected chi connectivity index (χ1v) is 6.90. The molecule has 6 nitrogen and oxygen atoms in total. The first kappa shape index (κ1) is 13.5. The molecule has 6 heteroatoms. The van der Waals surface area contributed by atoms with E-state index in [-0.39, 0.29) is 12.1 Å². The Bertz CT molecular complexity index is 665. The van der Waals surface area contributed by atoms with Crippen LogP contribution in [0.4, 0.5) is 10.5 Å². The molecule has 1 atom stereocenters. The van der Waals surface area contributed by atoms with Gasteiger partial charge in [0.1, 0.15) is 12.4 Å². The number of para-hydroxylation sites is 1. The van der Waals surface area contributed by atoms with Gasteiger partial charge in [-0.25, -0.2) is 4.79 Å². The van der Waals surface area contributed by atoms with Crippen LogP contribution in [-0.4, -0.2) is 28.5 Å². The predicted molar refractivity (Wildman–Crippen MR) is 79.5 cm³/mol. The minimum absolute atomic E-state index is 0.0307. The Morgan fingerprint density at radius 1 is 1.43 bits per heavy atom. The van der Waals surface area contributed by atoms with Gasteiger partial charge >= 0.3 is 6.03 Å². The second-order valence-electron chi connectivity index (χ2n) is 5.22. The van der Waals surface area contributed by atoms with E-state index in [0.717, 1.165) is 23.4 Å². The number of rotatable bonds is 2. The summed E-state index contributed by atoms with van der Waals surface area (Å²) in [5, 5.41) is 9.94. The number of ether oxygens (including phenoxy) is 1. The Morgan fingerprint density at radius 3 is 3.00 bits per heavy atom. The summed E-state index contributed by atoms with van der Waals surface area (Å²) in [5.74, 6) is 0.902. The van der Waals surface area contributed by atoms with E-state index in [1.807, 2.05) is 38.2 Å². The summed E-state index contributed by atoms with van der Waals surface area (Å²) >= 11 is 0. The van der Waals surface area contributed by atoms with Crippen LogP contribution in [-0.2, 0) is 13.5 Å². The largest absolute Gasteiger partial charge is 0.491 e. The summed E-state index contributed by atoms with van der Waals surface area (Å²) in [5.41, 5.74) is 2.62. The molecule has 2 heterocycles. The fraction of sp³-hybridized carbons (Fsp3) is 0.333. The molecule has 2 amide bonds. The number of hydrogen-bond donors (Lipinski definition) is 2. The Labute approximate surface area is 123 Å². The van der Waals surface area contributed by atoms with Gasteiger partial charge in [-0.15, -0.1) is 0 Å². The van der Waals surface area contributed by atoms with Gasteiger partial charge in [0, 0.05) is 13.2 Å². The van der Waals surface area contributed by atoms with Gasteiger partial charge in [-0.3, -0.25) is 4.68 Å². The van der Waals surface area contributed by atoms with Crippen LogP contribution in [0.1, 0.15) is 11.3 Å². The number of nitrogens with zero attached hydrogens (tertiary/aromatic N) is 2. The number of nitrogens with one attached hydrogen (secondary N) is 2. The van der Waals surface area contributed by atoms with Gasteiger partial charge in [0.05, 0.1) is 17.4 Å². The fourth-order valence-corrected chi connectivity index (χ4v) is 2.49. The molecular formula is C15H18N4O2. The average molecular weight is 286 g/mol. The SMILES string of the molecule is Cc1nn(C)cc1NC(=O)NC1COc2ccccc2C1. The molecule has 0 saturated heterocycles. The number of benzene rings is 1. The lowest BCUT2D eigenvalue weighted by Gasteiger charge is -2.26. The monoisotopic (exact) mass is 286 g/mol. The number of anilines is 1. The van der Waals surface area contributed by atoms with E-state index >= 15 is 0 Å². The smallest absolute Gasteiger partial charge is 0.319 e. The lowest BCUT2D eigenvalue weighted by molar-refractivity contribution is 0.222. The van der Waals surface area contributed by atoms with E-state index in [1.54, 1.807) is 10.9 Å². The minimum atomic E-state index is -0.237. The van der Waals surface area contributed by atoms with Crippen LogP contribution in [0.25, 0.3) is 0 Å². The molecule has 2 aromatic rings. The van der Waals surface area contributed by atoms with Crippen LogP contribution in [0.3, 0.4) is 0 Å². The zero-order chi connectivity index (χ0) is 14.8. The molecule has 21 heavy (non-hydrogen) atoms. The molecule has 2 N–H and O–H groups in total. The molecule has 1 aromatic carbocycles. The number of aryl methyl sites for hydroxylation is 2. The van der Waals surface area contributed by atoms with Gasteiger partial charge in [0.2, 0.25) is 0 Å². The van der Waals surface area contributed by atoms with Crippen molar-refractivity contribution in [1.82, 2.24) is 15.1 Å². The van der Waals surface area contributed by atoms with Crippen LogP contribution >= 0.6 is 0 Å². The highest BCUT2D eigenvalue weighted by molar-refractivity contribution is 5.89. The number of fused-ring (bicyclic) bond motifs is 1. The van der Waals surface area contributed by atoms with Crippen molar-refractivity contribution in [1.29, 1.82) is 0 Å². The third kappa shape index (κ3) is 2.99. The molecule has 110 valence electrons. The molecule has 1 unspecified atom stereocenters. The van der Waals surface area contributed by atoms with Crippen molar-refractivity contribution in [3.63, 3.8) is 0 Å². The standard InChI is InChI=1S/C15H18N4O2/c1-10-13(8-19(2)18-10)17-15(20)16-12-7-11-5-3-4-6-14(11)21-9-12/h3-6,8,12H,7,9H2,1-2H3,(H2,16,17,20). The number of amides is 2. The van der Waals surface area contributed by atoms with Crippen molar-refractivity contribution in [2.45, 2.75) is 19.4 Å². The number of urea groups is 1. The Kier molecular flexibility index (Phi) is 3.51. The molecule has 1 aromatic heterocycles. The van der Waals surface area contributed by atoms with E-state index in [4.69, 9.17) is 4.74 Å². The zero-order valence-electron chi connectivity index (χ0n) is 12.1. The van der Waals surface area contributed by atoms with Crippen molar-refractivity contribution in [2.24, 2.45) is 7.05 Å². The molecule has 0 radical (unpaired) electrons. The maximum atomic E-state index is 12.0. The van der Waals surface area contributed by atoms with Gasteiger partial charge in [0.25, 0.3) is 0 Å². The van der Waals surface area contributed by atoms with Crippen molar-refractivity contribution < 1.29 is 9.53 Å². The molecule has 0 spiro atoms. The van der Waals surface area contributed by atoms with Crippen molar-refractivity contribution in [3.05, 3.63) is 41.7 Å². The van der Waals surface area contributed by atoms with Gasteiger partial charge in [0.15, 0.2) is 0 Å². The Hall–Kier alpha value is -2.50. The van der Waals surface area contributed by atoms with Gasteiger partial charge in [-0.05, 0) is 25.0 Å². The van der Waals surface area contributed by atoms with Crippen LogP contribution in [0.2, 0.25) is 0 Å². The summed E-state index contributed by atoms with van der Waals surface area (Å²) in [6.07, 6.45) is 2.55. The van der Waals surface area contributed by atoms with Crippen LogP contribution in [0, 0.1) is 6.92 Å². The quantitative estimate of drug-likeness (QED) is 0.885. The van der Waals surface area contributed by atoms with E-state index in [0.29, 0.717) is 12.3 Å². The Morgan fingerprint density at radius 2 is 2.24 bits per heavy atom. The summed E-state index contributed by atoms with van der Waals surface area (Å²) in [7, 11) is 1.82. The fourth-order valence-electron chi connectivity index (χ4n) is 2.49. The molecule has 0 saturated carbocycles. The molecule has 3 rings (SSSR count). The first-order valence-electron chi connectivity index (χ1n) is 6.90. The summed E-state index contributed by atoms with van der Waals surface area (Å²) < 4.78 is 7.33. The predicted octanol–water partition coefficient (Wildman–Crippen LogP) is 1.85. The minimum Gasteiger partial charge on any atom is -0.491 e.